The summed E-state index contributed by atoms with van der Waals surface area (Å²) in [5.74, 6) is 0.0571. The highest BCUT2D eigenvalue weighted by Crippen LogP contribution is 2.26. The minimum atomic E-state index is -0.534. The van der Waals surface area contributed by atoms with Crippen molar-refractivity contribution in [3.63, 3.8) is 0 Å². The number of carbonyl (C=O) groups excluding carboxylic acids is 1. The maximum absolute atomic E-state index is 12.3. The topological polar surface area (TPSA) is 81.9 Å². The summed E-state index contributed by atoms with van der Waals surface area (Å²) in [7, 11) is 0. The lowest BCUT2D eigenvalue weighted by Crippen LogP contribution is -2.13. The van der Waals surface area contributed by atoms with Gasteiger partial charge in [-0.05, 0) is 45.0 Å². The molecule has 1 N–H and O–H groups in total. The second kappa shape index (κ2) is 7.94. The molecule has 0 saturated heterocycles. The van der Waals surface area contributed by atoms with Crippen molar-refractivity contribution in [2.45, 2.75) is 20.8 Å². The molecule has 1 aromatic carbocycles. The first-order chi connectivity index (χ1) is 12.9. The summed E-state index contributed by atoms with van der Waals surface area (Å²) in [5.41, 5.74) is 2.48. The summed E-state index contributed by atoms with van der Waals surface area (Å²) in [5, 5.41) is 8.35. The van der Waals surface area contributed by atoms with Crippen molar-refractivity contribution in [3.05, 3.63) is 57.5 Å². The monoisotopic (exact) mass is 405 g/mol. The van der Waals surface area contributed by atoms with E-state index in [2.05, 4.69) is 20.4 Å². The summed E-state index contributed by atoms with van der Waals surface area (Å²) in [6.07, 6.45) is 1.41. The Balaban J connectivity index is 2.07. The van der Waals surface area contributed by atoms with Gasteiger partial charge < -0.3 is 10.1 Å². The van der Waals surface area contributed by atoms with Crippen LogP contribution in [0.4, 0.5) is 11.5 Å². The molecule has 0 saturated carbocycles. The third-order valence-corrected chi connectivity index (χ3v) is 4.03. The summed E-state index contributed by atoms with van der Waals surface area (Å²) in [6.45, 7) is 5.74. The number of carbonyl (C=O) groups is 1. The molecule has 7 nitrogen and oxygen atoms in total. The molecule has 0 spiro atoms. The van der Waals surface area contributed by atoms with Gasteiger partial charge in [-0.3, -0.25) is 0 Å². The van der Waals surface area contributed by atoms with Crippen LogP contribution in [-0.4, -0.2) is 32.3 Å². The molecule has 9 heteroatoms. The maximum atomic E-state index is 12.3. The quantitative estimate of drug-likeness (QED) is 0.628. The van der Waals surface area contributed by atoms with E-state index in [1.54, 1.807) is 29.8 Å². The van der Waals surface area contributed by atoms with Gasteiger partial charge in [-0.1, -0.05) is 23.2 Å². The fourth-order valence-electron chi connectivity index (χ4n) is 2.52. The molecule has 0 aliphatic carbocycles. The SMILES string of the molecule is CCOC(=O)c1cnc(-n2nc(C)cc2C)nc1Nc1cc(Cl)cc(Cl)c1. The van der Waals surface area contributed by atoms with E-state index >= 15 is 0 Å². The van der Waals surface area contributed by atoms with E-state index in [1.807, 2.05) is 19.9 Å². The van der Waals surface area contributed by atoms with Crippen LogP contribution in [0.1, 0.15) is 28.7 Å². The highest BCUT2D eigenvalue weighted by atomic mass is 35.5. The lowest BCUT2D eigenvalue weighted by molar-refractivity contribution is 0.0526. The Morgan fingerprint density at radius 2 is 1.89 bits per heavy atom. The molecule has 0 bridgehead atoms. The van der Waals surface area contributed by atoms with E-state index in [0.717, 1.165) is 11.4 Å². The number of esters is 1. The lowest BCUT2D eigenvalue weighted by Gasteiger charge is -2.12. The van der Waals surface area contributed by atoms with Gasteiger partial charge in [0.1, 0.15) is 5.56 Å². The fourth-order valence-corrected chi connectivity index (χ4v) is 3.05. The zero-order valence-corrected chi connectivity index (χ0v) is 16.5. The predicted octanol–water partition coefficient (Wildman–Crippen LogP) is 4.51. The van der Waals surface area contributed by atoms with Gasteiger partial charge in [0.25, 0.3) is 5.95 Å². The minimum Gasteiger partial charge on any atom is -0.462 e. The van der Waals surface area contributed by atoms with Crippen LogP contribution in [0.5, 0.6) is 0 Å². The first kappa shape index (κ1) is 19.1. The van der Waals surface area contributed by atoms with Gasteiger partial charge in [0, 0.05) is 27.6 Å². The van der Waals surface area contributed by atoms with E-state index in [-0.39, 0.29) is 18.0 Å². The molecule has 0 aliphatic heterocycles. The molecule has 0 radical (unpaired) electrons. The van der Waals surface area contributed by atoms with E-state index in [0.29, 0.717) is 21.7 Å². The van der Waals surface area contributed by atoms with E-state index < -0.39 is 5.97 Å². The number of nitrogens with one attached hydrogen (secondary N) is 1. The zero-order valence-electron chi connectivity index (χ0n) is 15.0. The molecule has 0 aliphatic rings. The van der Waals surface area contributed by atoms with Gasteiger partial charge in [-0.25, -0.2) is 14.5 Å². The van der Waals surface area contributed by atoms with Gasteiger partial charge in [-0.2, -0.15) is 10.1 Å². The molecule has 0 unspecified atom stereocenters. The highest BCUT2D eigenvalue weighted by Gasteiger charge is 2.18. The van der Waals surface area contributed by atoms with Crippen molar-refractivity contribution in [2.24, 2.45) is 0 Å². The number of ether oxygens (including phenoxy) is 1. The summed E-state index contributed by atoms with van der Waals surface area (Å²) >= 11 is 12.1. The van der Waals surface area contributed by atoms with Crippen LogP contribution in [0, 0.1) is 13.8 Å². The van der Waals surface area contributed by atoms with Crippen LogP contribution in [0.2, 0.25) is 10.0 Å². The number of aromatic nitrogens is 4. The number of nitrogens with zero attached hydrogens (tertiary/aromatic N) is 4. The number of rotatable bonds is 5. The van der Waals surface area contributed by atoms with Crippen LogP contribution in [0.15, 0.2) is 30.5 Å². The van der Waals surface area contributed by atoms with Crippen LogP contribution in [-0.2, 0) is 4.74 Å². The Morgan fingerprint density at radius 3 is 2.48 bits per heavy atom. The largest absolute Gasteiger partial charge is 0.462 e. The number of hydrogen-bond acceptors (Lipinski definition) is 6. The van der Waals surface area contributed by atoms with E-state index in [1.165, 1.54) is 6.20 Å². The van der Waals surface area contributed by atoms with Gasteiger partial charge in [-0.15, -0.1) is 0 Å². The Hall–Kier alpha value is -2.64. The van der Waals surface area contributed by atoms with E-state index in [9.17, 15) is 4.79 Å². The van der Waals surface area contributed by atoms with Crippen molar-refractivity contribution in [1.29, 1.82) is 0 Å². The van der Waals surface area contributed by atoms with Crippen molar-refractivity contribution < 1.29 is 9.53 Å². The Bertz CT molecular complexity index is 983. The molecule has 140 valence electrons. The number of hydrogen-bond donors (Lipinski definition) is 1. The van der Waals surface area contributed by atoms with Crippen LogP contribution in [0.3, 0.4) is 0 Å². The standard InChI is InChI=1S/C18H17Cl2N5O2/c1-4-27-17(26)15-9-21-18(25-11(3)5-10(2)24-25)23-16(15)22-14-7-12(19)6-13(20)8-14/h5-9H,4H2,1-3H3,(H,21,22,23). The molecule has 0 fully saturated rings. The fraction of sp³-hybridized carbons (Fsp3) is 0.222. The first-order valence-corrected chi connectivity index (χ1v) is 8.94. The summed E-state index contributed by atoms with van der Waals surface area (Å²) in [6, 6.07) is 6.87. The average molecular weight is 406 g/mol. The zero-order chi connectivity index (χ0) is 19.6. The normalized spacial score (nSPS) is 10.7. The number of benzene rings is 1. The second-order valence-electron chi connectivity index (χ2n) is 5.77. The van der Waals surface area contributed by atoms with Crippen LogP contribution in [0.25, 0.3) is 5.95 Å². The third-order valence-electron chi connectivity index (χ3n) is 3.60. The number of anilines is 2. The third kappa shape index (κ3) is 4.37. The summed E-state index contributed by atoms with van der Waals surface area (Å²) < 4.78 is 6.69. The molecule has 0 amide bonds. The lowest BCUT2D eigenvalue weighted by atomic mass is 10.2. The Kier molecular flexibility index (Phi) is 5.62. The van der Waals surface area contributed by atoms with Crippen LogP contribution >= 0.6 is 23.2 Å². The van der Waals surface area contributed by atoms with Crippen molar-refractivity contribution in [3.8, 4) is 5.95 Å². The van der Waals surface area contributed by atoms with Crippen molar-refractivity contribution in [1.82, 2.24) is 19.7 Å². The van der Waals surface area contributed by atoms with Crippen molar-refractivity contribution >= 4 is 40.7 Å². The molecule has 2 heterocycles. The Morgan fingerprint density at radius 1 is 1.19 bits per heavy atom. The van der Waals surface area contributed by atoms with E-state index in [4.69, 9.17) is 27.9 Å². The van der Waals surface area contributed by atoms with Gasteiger partial charge >= 0.3 is 5.97 Å². The molecule has 27 heavy (non-hydrogen) atoms. The van der Waals surface area contributed by atoms with Crippen molar-refractivity contribution in [2.75, 3.05) is 11.9 Å². The van der Waals surface area contributed by atoms with Gasteiger partial charge in [0.2, 0.25) is 0 Å². The minimum absolute atomic E-state index is 0.193. The number of halogens is 2. The molecule has 0 atom stereocenters. The van der Waals surface area contributed by atoms with Gasteiger partial charge in [0.05, 0.1) is 12.3 Å². The number of aryl methyl sites for hydroxylation is 2. The summed E-state index contributed by atoms with van der Waals surface area (Å²) in [4.78, 5) is 21.0. The highest BCUT2D eigenvalue weighted by molar-refractivity contribution is 6.35. The molecular formula is C18H17Cl2N5O2. The Labute approximate surface area is 166 Å². The second-order valence-corrected chi connectivity index (χ2v) is 6.65. The maximum Gasteiger partial charge on any atom is 0.343 e. The molecule has 2 aromatic heterocycles. The van der Waals surface area contributed by atoms with Crippen LogP contribution < -0.4 is 5.32 Å². The molecule has 3 rings (SSSR count). The average Bonchev–Trinajstić information content (AvgIpc) is 2.92. The predicted molar refractivity (Wildman–Crippen MR) is 104 cm³/mol. The smallest absolute Gasteiger partial charge is 0.343 e. The molecular weight excluding hydrogens is 389 g/mol. The first-order valence-electron chi connectivity index (χ1n) is 8.18. The molecule has 3 aromatic rings. The van der Waals surface area contributed by atoms with Gasteiger partial charge in [0.15, 0.2) is 5.82 Å².